The summed E-state index contributed by atoms with van der Waals surface area (Å²) in [6, 6.07) is 4.07. The van der Waals surface area contributed by atoms with Crippen LogP contribution in [-0.4, -0.2) is 21.4 Å². The first kappa shape index (κ1) is 12.7. The monoisotopic (exact) mass is 261 g/mol. The highest BCUT2D eigenvalue weighted by atomic mass is 32.1. The largest absolute Gasteiger partial charge is 0.411 e. The second-order valence-electron chi connectivity index (χ2n) is 3.97. The van der Waals surface area contributed by atoms with Crippen molar-refractivity contribution in [3.63, 3.8) is 0 Å². The van der Waals surface area contributed by atoms with Gasteiger partial charge in [0.15, 0.2) is 0 Å². The molecule has 0 aromatic carbocycles. The first-order valence-corrected chi connectivity index (χ1v) is 6.71. The molecule has 2 aromatic heterocycles. The fourth-order valence-electron chi connectivity index (χ4n) is 1.71. The molecule has 94 valence electrons. The number of pyridine rings is 1. The maximum Gasteiger partial charge on any atom is 0.0931 e. The highest BCUT2D eigenvalue weighted by Gasteiger charge is 2.00. The van der Waals surface area contributed by atoms with Gasteiger partial charge in [0.2, 0.25) is 0 Å². The van der Waals surface area contributed by atoms with Crippen LogP contribution in [-0.2, 0) is 12.8 Å². The molecule has 2 rings (SSSR count). The number of nitrogens with zero attached hydrogens (tertiary/aromatic N) is 3. The van der Waals surface area contributed by atoms with Gasteiger partial charge in [-0.1, -0.05) is 11.2 Å². The lowest BCUT2D eigenvalue weighted by atomic mass is 10.1. The highest BCUT2D eigenvalue weighted by Crippen LogP contribution is 2.14. The Bertz CT molecular complexity index is 496. The summed E-state index contributed by atoms with van der Waals surface area (Å²) < 4.78 is 0. The topological polar surface area (TPSA) is 58.4 Å². The number of hydrogen-bond acceptors (Lipinski definition) is 5. The summed E-state index contributed by atoms with van der Waals surface area (Å²) in [5.74, 6) is 0. The Morgan fingerprint density at radius 2 is 2.17 bits per heavy atom. The molecule has 0 saturated heterocycles. The molecular formula is C13H15N3OS. The van der Waals surface area contributed by atoms with E-state index in [-0.39, 0.29) is 0 Å². The minimum Gasteiger partial charge on any atom is -0.411 e. The van der Waals surface area contributed by atoms with Crippen molar-refractivity contribution in [1.29, 1.82) is 0 Å². The molecule has 0 spiro atoms. The lowest BCUT2D eigenvalue weighted by Crippen LogP contribution is -1.89. The lowest BCUT2D eigenvalue weighted by Gasteiger charge is -1.99. The summed E-state index contributed by atoms with van der Waals surface area (Å²) in [4.78, 5) is 9.27. The van der Waals surface area contributed by atoms with E-state index in [1.165, 1.54) is 11.8 Å². The second kappa shape index (κ2) is 6.86. The SMILES string of the molecule is ON=Cc1cnc(CCCCc2cccnc2)s1. The van der Waals surface area contributed by atoms with E-state index < -0.39 is 0 Å². The predicted molar refractivity (Wildman–Crippen MR) is 72.4 cm³/mol. The Morgan fingerprint density at radius 3 is 2.94 bits per heavy atom. The van der Waals surface area contributed by atoms with Crippen LogP contribution in [0.25, 0.3) is 0 Å². The number of oxime groups is 1. The fourth-order valence-corrected chi connectivity index (χ4v) is 2.54. The summed E-state index contributed by atoms with van der Waals surface area (Å²) in [5.41, 5.74) is 1.28. The zero-order chi connectivity index (χ0) is 12.6. The zero-order valence-electron chi connectivity index (χ0n) is 9.99. The summed E-state index contributed by atoms with van der Waals surface area (Å²) in [6.45, 7) is 0. The van der Waals surface area contributed by atoms with Crippen LogP contribution in [0.5, 0.6) is 0 Å². The quantitative estimate of drug-likeness (QED) is 0.376. The van der Waals surface area contributed by atoms with Gasteiger partial charge in [0.05, 0.1) is 16.1 Å². The molecule has 0 aliphatic rings. The molecule has 0 unspecified atom stereocenters. The van der Waals surface area contributed by atoms with Gasteiger partial charge in [0, 0.05) is 18.6 Å². The van der Waals surface area contributed by atoms with E-state index in [4.69, 9.17) is 5.21 Å². The third-order valence-corrected chi connectivity index (χ3v) is 3.58. The van der Waals surface area contributed by atoms with Crippen molar-refractivity contribution >= 4 is 17.6 Å². The first-order chi connectivity index (χ1) is 8.88. The van der Waals surface area contributed by atoms with Crippen LogP contribution in [0.1, 0.15) is 28.3 Å². The molecule has 18 heavy (non-hydrogen) atoms. The average molecular weight is 261 g/mol. The van der Waals surface area contributed by atoms with Gasteiger partial charge < -0.3 is 5.21 Å². The van der Waals surface area contributed by atoms with Gasteiger partial charge in [-0.2, -0.15) is 0 Å². The van der Waals surface area contributed by atoms with Gasteiger partial charge >= 0.3 is 0 Å². The van der Waals surface area contributed by atoms with Gasteiger partial charge in [0.25, 0.3) is 0 Å². The van der Waals surface area contributed by atoms with E-state index in [0.717, 1.165) is 35.6 Å². The van der Waals surface area contributed by atoms with Gasteiger partial charge in [0.1, 0.15) is 0 Å². The van der Waals surface area contributed by atoms with Crippen LogP contribution in [0.2, 0.25) is 0 Å². The molecule has 0 aliphatic heterocycles. The van der Waals surface area contributed by atoms with Gasteiger partial charge in [-0.05, 0) is 37.3 Å². The molecule has 1 N–H and O–H groups in total. The molecule has 0 bridgehead atoms. The molecule has 0 fully saturated rings. The van der Waals surface area contributed by atoms with Crippen LogP contribution in [0.3, 0.4) is 0 Å². The Kier molecular flexibility index (Phi) is 4.84. The molecule has 0 amide bonds. The average Bonchev–Trinajstić information content (AvgIpc) is 2.84. The van der Waals surface area contributed by atoms with Crippen LogP contribution < -0.4 is 0 Å². The van der Waals surface area contributed by atoms with Crippen molar-refractivity contribution in [3.05, 3.63) is 46.2 Å². The fraction of sp³-hybridized carbons (Fsp3) is 0.308. The zero-order valence-corrected chi connectivity index (χ0v) is 10.8. The maximum atomic E-state index is 8.41. The Hall–Kier alpha value is -1.75. The molecular weight excluding hydrogens is 246 g/mol. The van der Waals surface area contributed by atoms with Gasteiger partial charge in [-0.3, -0.25) is 4.98 Å². The highest BCUT2D eigenvalue weighted by molar-refractivity contribution is 7.13. The number of hydrogen-bond donors (Lipinski definition) is 1. The van der Waals surface area contributed by atoms with Crippen molar-refractivity contribution in [3.8, 4) is 0 Å². The van der Waals surface area contributed by atoms with Crippen LogP contribution in [0.4, 0.5) is 0 Å². The van der Waals surface area contributed by atoms with Crippen LogP contribution >= 0.6 is 11.3 Å². The predicted octanol–water partition coefficient (Wildman–Crippen LogP) is 2.91. The molecule has 0 saturated carbocycles. The molecule has 4 nitrogen and oxygen atoms in total. The summed E-state index contributed by atoms with van der Waals surface area (Å²) >= 11 is 1.57. The molecule has 5 heteroatoms. The number of unbranched alkanes of at least 4 members (excludes halogenated alkanes) is 1. The summed E-state index contributed by atoms with van der Waals surface area (Å²) in [5, 5.41) is 12.5. The molecule has 2 aromatic rings. The van der Waals surface area contributed by atoms with Crippen LogP contribution in [0, 0.1) is 0 Å². The van der Waals surface area contributed by atoms with Crippen molar-refractivity contribution in [2.45, 2.75) is 25.7 Å². The van der Waals surface area contributed by atoms with Gasteiger partial charge in [-0.25, -0.2) is 4.98 Å². The molecule has 0 aliphatic carbocycles. The van der Waals surface area contributed by atoms with E-state index in [2.05, 4.69) is 21.2 Å². The van der Waals surface area contributed by atoms with E-state index in [1.54, 1.807) is 23.7 Å². The van der Waals surface area contributed by atoms with Crippen molar-refractivity contribution < 1.29 is 5.21 Å². The lowest BCUT2D eigenvalue weighted by molar-refractivity contribution is 0.322. The van der Waals surface area contributed by atoms with E-state index in [9.17, 15) is 0 Å². The van der Waals surface area contributed by atoms with Crippen molar-refractivity contribution in [1.82, 2.24) is 9.97 Å². The Morgan fingerprint density at radius 1 is 1.28 bits per heavy atom. The van der Waals surface area contributed by atoms with E-state index in [0.29, 0.717) is 0 Å². The third kappa shape index (κ3) is 3.92. The van der Waals surface area contributed by atoms with Gasteiger partial charge in [-0.15, -0.1) is 11.3 Å². The number of rotatable bonds is 6. The summed E-state index contributed by atoms with van der Waals surface area (Å²) in [6.07, 6.45) is 11.1. The molecule has 0 atom stereocenters. The number of thiazole rings is 1. The van der Waals surface area contributed by atoms with E-state index >= 15 is 0 Å². The molecule has 0 radical (unpaired) electrons. The minimum atomic E-state index is 0.889. The molecule has 2 heterocycles. The number of aromatic nitrogens is 2. The minimum absolute atomic E-state index is 0.889. The Labute approximate surface area is 110 Å². The second-order valence-corrected chi connectivity index (χ2v) is 5.12. The third-order valence-electron chi connectivity index (χ3n) is 2.59. The van der Waals surface area contributed by atoms with Crippen molar-refractivity contribution in [2.75, 3.05) is 0 Å². The van der Waals surface area contributed by atoms with Crippen LogP contribution in [0.15, 0.2) is 35.9 Å². The standard InChI is InChI=1S/C13H15N3OS/c17-16-10-12-9-15-13(18-12)6-2-1-4-11-5-3-7-14-8-11/h3,5,7-10,17H,1-2,4,6H2. The number of aryl methyl sites for hydroxylation is 2. The summed E-state index contributed by atoms with van der Waals surface area (Å²) in [7, 11) is 0. The normalized spacial score (nSPS) is 11.1. The maximum absolute atomic E-state index is 8.41. The van der Waals surface area contributed by atoms with E-state index in [1.807, 2.05) is 12.3 Å². The Balaban J connectivity index is 1.72. The van der Waals surface area contributed by atoms with Crippen molar-refractivity contribution in [2.24, 2.45) is 5.16 Å². The smallest absolute Gasteiger partial charge is 0.0931 e. The first-order valence-electron chi connectivity index (χ1n) is 5.89.